The molecule has 1 aromatic carbocycles. The van der Waals surface area contributed by atoms with Gasteiger partial charge in [0.15, 0.2) is 6.04 Å². The molecule has 0 heterocycles. The van der Waals surface area contributed by atoms with Crippen molar-refractivity contribution in [3.8, 4) is 0 Å². The van der Waals surface area contributed by atoms with Crippen molar-refractivity contribution in [3.05, 3.63) is 33.8 Å². The van der Waals surface area contributed by atoms with Crippen molar-refractivity contribution in [2.75, 3.05) is 6.54 Å². The summed E-state index contributed by atoms with van der Waals surface area (Å²) < 4.78 is 5.26. The Hall–Kier alpha value is -1.46. The number of carbonyl (C=O) groups excluding carboxylic acids is 1. The number of carboxylic acids is 1. The molecule has 0 aromatic heterocycles. The number of ether oxygens (including phenoxy) is 1. The molecule has 0 aliphatic heterocycles. The molecule has 0 fully saturated rings. The van der Waals surface area contributed by atoms with Gasteiger partial charge in [0.25, 0.3) is 0 Å². The monoisotopic (exact) mass is 347 g/mol. The predicted octanol–water partition coefficient (Wildman–Crippen LogP) is 4.38. The number of halogens is 2. The van der Waals surface area contributed by atoms with Crippen molar-refractivity contribution in [2.45, 2.75) is 39.3 Å². The zero-order valence-electron chi connectivity index (χ0n) is 12.9. The zero-order chi connectivity index (χ0) is 17.1. The van der Waals surface area contributed by atoms with E-state index in [1.165, 1.54) is 18.2 Å². The number of benzene rings is 1. The maximum Gasteiger partial charge on any atom is 0.411 e. The van der Waals surface area contributed by atoms with Crippen LogP contribution in [0.1, 0.15) is 39.3 Å². The Labute approximate surface area is 139 Å². The topological polar surface area (TPSA) is 66.8 Å². The van der Waals surface area contributed by atoms with Crippen molar-refractivity contribution in [1.29, 1.82) is 0 Å². The number of likely N-dealkylation sites (N-methyl/N-ethyl adjacent to an activating group) is 1. The Morgan fingerprint density at radius 2 is 1.73 bits per heavy atom. The molecule has 0 aliphatic rings. The minimum Gasteiger partial charge on any atom is -0.479 e. The SMILES string of the molecule is CCN(C(=O)OC(C)(C)C)C(C(=O)O)c1cc(Cl)cc(Cl)c1. The number of aliphatic carboxylic acids is 1. The van der Waals surface area contributed by atoms with Gasteiger partial charge in [0.05, 0.1) is 0 Å². The summed E-state index contributed by atoms with van der Waals surface area (Å²) >= 11 is 11.8. The first-order valence-corrected chi connectivity index (χ1v) is 7.49. The number of carbonyl (C=O) groups is 2. The van der Waals surface area contributed by atoms with Crippen LogP contribution in [-0.4, -0.2) is 34.2 Å². The van der Waals surface area contributed by atoms with Crippen molar-refractivity contribution in [1.82, 2.24) is 4.90 Å². The second-order valence-electron chi connectivity index (χ2n) is 5.71. The van der Waals surface area contributed by atoms with Crippen LogP contribution in [0.25, 0.3) is 0 Å². The van der Waals surface area contributed by atoms with Crippen LogP contribution in [0, 0.1) is 0 Å². The molecule has 5 nitrogen and oxygen atoms in total. The summed E-state index contributed by atoms with van der Waals surface area (Å²) in [5.41, 5.74) is -0.405. The standard InChI is InChI=1S/C15H19Cl2NO4/c1-5-18(14(21)22-15(2,3)4)12(13(19)20)9-6-10(16)8-11(17)7-9/h6-8,12H,5H2,1-4H3,(H,19,20). The molecule has 1 unspecified atom stereocenters. The number of nitrogens with zero attached hydrogens (tertiary/aromatic N) is 1. The Balaban J connectivity index is 3.22. The third-order valence-corrected chi connectivity index (χ3v) is 3.15. The normalized spacial score (nSPS) is 12.6. The van der Waals surface area contributed by atoms with Crippen LogP contribution in [0.15, 0.2) is 18.2 Å². The Morgan fingerprint density at radius 3 is 2.09 bits per heavy atom. The fourth-order valence-corrected chi connectivity index (χ4v) is 2.47. The van der Waals surface area contributed by atoms with E-state index in [4.69, 9.17) is 27.9 Å². The number of carboxylic acid groups (broad SMARTS) is 1. The first-order chi connectivity index (χ1) is 10.0. The molecule has 0 saturated heterocycles. The number of hydrogen-bond acceptors (Lipinski definition) is 3. The summed E-state index contributed by atoms with van der Waals surface area (Å²) in [6.07, 6.45) is -0.710. The van der Waals surface area contributed by atoms with E-state index in [0.29, 0.717) is 15.6 Å². The average Bonchev–Trinajstić information content (AvgIpc) is 2.31. The van der Waals surface area contributed by atoms with Crippen LogP contribution in [0.4, 0.5) is 4.79 Å². The minimum absolute atomic E-state index is 0.163. The second kappa shape index (κ2) is 7.20. The minimum atomic E-state index is -1.23. The Kier molecular flexibility index (Phi) is 6.08. The summed E-state index contributed by atoms with van der Waals surface area (Å²) in [5, 5.41) is 10.1. The average molecular weight is 348 g/mol. The molecule has 1 rings (SSSR count). The highest BCUT2D eigenvalue weighted by atomic mass is 35.5. The zero-order valence-corrected chi connectivity index (χ0v) is 14.4. The van der Waals surface area contributed by atoms with Gasteiger partial charge in [-0.2, -0.15) is 0 Å². The van der Waals surface area contributed by atoms with Gasteiger partial charge >= 0.3 is 12.1 Å². The lowest BCUT2D eigenvalue weighted by atomic mass is 10.1. The maximum atomic E-state index is 12.3. The van der Waals surface area contributed by atoms with Crippen molar-refractivity contribution >= 4 is 35.3 Å². The van der Waals surface area contributed by atoms with E-state index in [1.807, 2.05) is 0 Å². The lowest BCUT2D eigenvalue weighted by molar-refractivity contribution is -0.143. The van der Waals surface area contributed by atoms with E-state index in [2.05, 4.69) is 0 Å². The highest BCUT2D eigenvalue weighted by Gasteiger charge is 2.33. The molecule has 0 aliphatic carbocycles. The van der Waals surface area contributed by atoms with Gasteiger partial charge in [0.1, 0.15) is 5.60 Å². The molecule has 22 heavy (non-hydrogen) atoms. The smallest absolute Gasteiger partial charge is 0.411 e. The molecular weight excluding hydrogens is 329 g/mol. The van der Waals surface area contributed by atoms with Crippen LogP contribution in [-0.2, 0) is 9.53 Å². The summed E-state index contributed by atoms with van der Waals surface area (Å²) in [6, 6.07) is 3.21. The summed E-state index contributed by atoms with van der Waals surface area (Å²) in [7, 11) is 0. The quantitative estimate of drug-likeness (QED) is 0.877. The predicted molar refractivity (Wildman–Crippen MR) is 85.5 cm³/mol. The number of rotatable bonds is 4. The van der Waals surface area contributed by atoms with Gasteiger partial charge in [-0.15, -0.1) is 0 Å². The molecule has 1 N–H and O–H groups in total. The number of hydrogen-bond donors (Lipinski definition) is 1. The second-order valence-corrected chi connectivity index (χ2v) is 6.58. The maximum absolute atomic E-state index is 12.3. The van der Waals surface area contributed by atoms with E-state index in [9.17, 15) is 14.7 Å². The van der Waals surface area contributed by atoms with Gasteiger partial charge in [-0.05, 0) is 51.5 Å². The van der Waals surface area contributed by atoms with Gasteiger partial charge < -0.3 is 9.84 Å². The summed E-state index contributed by atoms with van der Waals surface area (Å²) in [6.45, 7) is 6.97. The molecule has 1 aromatic rings. The van der Waals surface area contributed by atoms with Gasteiger partial charge in [0, 0.05) is 16.6 Å². The molecular formula is C15H19Cl2NO4. The van der Waals surface area contributed by atoms with Crippen LogP contribution >= 0.6 is 23.2 Å². The largest absolute Gasteiger partial charge is 0.479 e. The van der Waals surface area contributed by atoms with E-state index < -0.39 is 23.7 Å². The molecule has 122 valence electrons. The molecule has 0 radical (unpaired) electrons. The third kappa shape index (κ3) is 5.07. The fourth-order valence-electron chi connectivity index (χ4n) is 1.93. The summed E-state index contributed by atoms with van der Waals surface area (Å²) in [5.74, 6) is -1.19. The molecule has 1 atom stereocenters. The first kappa shape index (κ1) is 18.6. The Bertz CT molecular complexity index is 549. The van der Waals surface area contributed by atoms with Crippen LogP contribution in [0.2, 0.25) is 10.0 Å². The fraction of sp³-hybridized carbons (Fsp3) is 0.467. The van der Waals surface area contributed by atoms with Gasteiger partial charge in [-0.1, -0.05) is 23.2 Å². The molecule has 0 spiro atoms. The van der Waals surface area contributed by atoms with Crippen molar-refractivity contribution in [2.24, 2.45) is 0 Å². The summed E-state index contributed by atoms with van der Waals surface area (Å²) in [4.78, 5) is 25.0. The van der Waals surface area contributed by atoms with Crippen LogP contribution in [0.5, 0.6) is 0 Å². The van der Waals surface area contributed by atoms with Gasteiger partial charge in [-0.3, -0.25) is 4.90 Å². The molecule has 1 amide bonds. The first-order valence-electron chi connectivity index (χ1n) is 6.73. The van der Waals surface area contributed by atoms with Gasteiger partial charge in [0.2, 0.25) is 0 Å². The van der Waals surface area contributed by atoms with E-state index in [1.54, 1.807) is 27.7 Å². The van der Waals surface area contributed by atoms with E-state index in [-0.39, 0.29) is 6.54 Å². The van der Waals surface area contributed by atoms with Gasteiger partial charge in [-0.25, -0.2) is 9.59 Å². The lowest BCUT2D eigenvalue weighted by Gasteiger charge is -2.31. The lowest BCUT2D eigenvalue weighted by Crippen LogP contribution is -2.42. The van der Waals surface area contributed by atoms with Crippen LogP contribution < -0.4 is 0 Å². The third-order valence-electron chi connectivity index (χ3n) is 2.71. The molecule has 0 bridgehead atoms. The highest BCUT2D eigenvalue weighted by molar-refractivity contribution is 6.34. The Morgan fingerprint density at radius 1 is 1.23 bits per heavy atom. The highest BCUT2D eigenvalue weighted by Crippen LogP contribution is 2.28. The number of amides is 1. The van der Waals surface area contributed by atoms with E-state index in [0.717, 1.165) is 4.90 Å². The molecule has 0 saturated carbocycles. The van der Waals surface area contributed by atoms with Crippen LogP contribution in [0.3, 0.4) is 0 Å². The van der Waals surface area contributed by atoms with E-state index >= 15 is 0 Å². The van der Waals surface area contributed by atoms with Crippen molar-refractivity contribution in [3.63, 3.8) is 0 Å². The molecule has 7 heteroatoms. The van der Waals surface area contributed by atoms with Crippen molar-refractivity contribution < 1.29 is 19.4 Å².